The normalized spacial score (nSPS) is 16.2. The van der Waals surface area contributed by atoms with Crippen LogP contribution in [0.1, 0.15) is 29.6 Å². The molecule has 0 spiro atoms. The third kappa shape index (κ3) is 3.82. The molecule has 0 atom stereocenters. The Kier molecular flexibility index (Phi) is 4.57. The zero-order valence-electron chi connectivity index (χ0n) is 10.9. The third-order valence-electron chi connectivity index (χ3n) is 3.31. The van der Waals surface area contributed by atoms with E-state index in [-0.39, 0.29) is 5.56 Å². The number of pyridine rings is 1. The van der Waals surface area contributed by atoms with Gasteiger partial charge in [0.1, 0.15) is 11.4 Å². The number of piperidine rings is 1. The Bertz CT molecular complexity index is 444. The van der Waals surface area contributed by atoms with Crippen LogP contribution >= 0.6 is 0 Å². The summed E-state index contributed by atoms with van der Waals surface area (Å²) >= 11 is 0. The topological polar surface area (TPSA) is 91.5 Å². The van der Waals surface area contributed by atoms with Crippen molar-refractivity contribution in [2.75, 3.05) is 37.2 Å². The molecule has 0 unspecified atom stereocenters. The molecule has 1 aromatic rings. The van der Waals surface area contributed by atoms with Crippen molar-refractivity contribution >= 4 is 17.5 Å². The van der Waals surface area contributed by atoms with Gasteiger partial charge >= 0.3 is 5.97 Å². The number of carbonyl (C=O) groups is 1. The van der Waals surface area contributed by atoms with E-state index in [0.717, 1.165) is 19.6 Å². The average Bonchev–Trinajstić information content (AvgIpc) is 2.41. The maximum atomic E-state index is 11.1. The molecule has 6 nitrogen and oxygen atoms in total. The van der Waals surface area contributed by atoms with Gasteiger partial charge in [-0.15, -0.1) is 0 Å². The molecule has 6 heteroatoms. The number of nitrogens with zero attached hydrogens (tertiary/aromatic N) is 2. The van der Waals surface area contributed by atoms with Gasteiger partial charge in [-0.05, 0) is 32.0 Å². The predicted octanol–water partition coefficient (Wildman–Crippen LogP) is 1.26. The first-order valence-electron chi connectivity index (χ1n) is 6.62. The van der Waals surface area contributed by atoms with E-state index in [9.17, 15) is 4.79 Å². The number of hydrogen-bond donors (Lipinski definition) is 3. The summed E-state index contributed by atoms with van der Waals surface area (Å²) in [7, 11) is 0. The van der Waals surface area contributed by atoms with Crippen LogP contribution in [0.2, 0.25) is 0 Å². The van der Waals surface area contributed by atoms with E-state index >= 15 is 0 Å². The van der Waals surface area contributed by atoms with Crippen LogP contribution < -0.4 is 11.1 Å². The molecule has 4 N–H and O–H groups in total. The van der Waals surface area contributed by atoms with E-state index in [0.29, 0.717) is 18.1 Å². The lowest BCUT2D eigenvalue weighted by Crippen LogP contribution is -2.34. The van der Waals surface area contributed by atoms with Gasteiger partial charge in [-0.3, -0.25) is 0 Å². The number of likely N-dealkylation sites (tertiary alicyclic amines) is 1. The van der Waals surface area contributed by atoms with Gasteiger partial charge in [-0.2, -0.15) is 0 Å². The monoisotopic (exact) mass is 264 g/mol. The van der Waals surface area contributed by atoms with Crippen LogP contribution in [0, 0.1) is 0 Å². The molecule has 1 aliphatic rings. The molecule has 2 heterocycles. The number of anilines is 2. The van der Waals surface area contributed by atoms with Gasteiger partial charge in [0, 0.05) is 13.1 Å². The molecule has 0 bridgehead atoms. The highest BCUT2D eigenvalue weighted by Gasteiger charge is 2.13. The van der Waals surface area contributed by atoms with Gasteiger partial charge < -0.3 is 21.1 Å². The van der Waals surface area contributed by atoms with E-state index < -0.39 is 5.97 Å². The number of carboxylic acids is 1. The first kappa shape index (κ1) is 13.6. The largest absolute Gasteiger partial charge is 0.478 e. The van der Waals surface area contributed by atoms with E-state index in [1.54, 1.807) is 0 Å². The molecular formula is C13H20N4O2. The second-order valence-electron chi connectivity index (χ2n) is 4.80. The van der Waals surface area contributed by atoms with Crippen molar-refractivity contribution in [1.29, 1.82) is 0 Å². The standard InChI is InChI=1S/C13H20N4O2/c14-10-8-11(13(18)19)12(16-9-10)15-4-7-17-5-2-1-3-6-17/h8-9H,1-7,14H2,(H,15,16)(H,18,19). The fourth-order valence-electron chi connectivity index (χ4n) is 2.30. The third-order valence-corrected chi connectivity index (χ3v) is 3.31. The molecule has 1 aromatic heterocycles. The van der Waals surface area contributed by atoms with Crippen LogP contribution in [0.4, 0.5) is 11.5 Å². The predicted molar refractivity (Wildman–Crippen MR) is 74.4 cm³/mol. The van der Waals surface area contributed by atoms with Crippen LogP contribution in [0.3, 0.4) is 0 Å². The quantitative estimate of drug-likeness (QED) is 0.741. The van der Waals surface area contributed by atoms with Crippen molar-refractivity contribution in [3.8, 4) is 0 Å². The van der Waals surface area contributed by atoms with Crippen LogP contribution in [0.15, 0.2) is 12.3 Å². The van der Waals surface area contributed by atoms with Gasteiger partial charge in [-0.1, -0.05) is 6.42 Å². The zero-order chi connectivity index (χ0) is 13.7. The first-order valence-corrected chi connectivity index (χ1v) is 6.62. The maximum Gasteiger partial charge on any atom is 0.339 e. The van der Waals surface area contributed by atoms with Crippen LogP contribution in [0.5, 0.6) is 0 Å². The number of nitrogen functional groups attached to an aromatic ring is 1. The van der Waals surface area contributed by atoms with Crippen LogP contribution in [-0.2, 0) is 0 Å². The Balaban J connectivity index is 1.89. The zero-order valence-corrected chi connectivity index (χ0v) is 10.9. The summed E-state index contributed by atoms with van der Waals surface area (Å²) < 4.78 is 0. The highest BCUT2D eigenvalue weighted by atomic mass is 16.4. The molecule has 1 fully saturated rings. The molecule has 19 heavy (non-hydrogen) atoms. The number of aromatic nitrogens is 1. The molecule has 104 valence electrons. The fourth-order valence-corrected chi connectivity index (χ4v) is 2.30. The van der Waals surface area contributed by atoms with Crippen molar-refractivity contribution in [2.24, 2.45) is 0 Å². The molecule has 1 aliphatic heterocycles. The van der Waals surface area contributed by atoms with E-state index in [1.165, 1.54) is 31.5 Å². The van der Waals surface area contributed by atoms with E-state index in [2.05, 4.69) is 15.2 Å². The van der Waals surface area contributed by atoms with Crippen molar-refractivity contribution in [3.05, 3.63) is 17.8 Å². The Morgan fingerprint density at radius 2 is 2.16 bits per heavy atom. The highest BCUT2D eigenvalue weighted by Crippen LogP contribution is 2.15. The lowest BCUT2D eigenvalue weighted by Gasteiger charge is -2.26. The Morgan fingerprint density at radius 1 is 1.42 bits per heavy atom. The molecule has 0 aliphatic carbocycles. The molecular weight excluding hydrogens is 244 g/mol. The van der Waals surface area contributed by atoms with Crippen molar-refractivity contribution in [3.63, 3.8) is 0 Å². The molecule has 2 rings (SSSR count). The summed E-state index contributed by atoms with van der Waals surface area (Å²) in [5, 5.41) is 12.2. The fraction of sp³-hybridized carbons (Fsp3) is 0.538. The van der Waals surface area contributed by atoms with Crippen LogP contribution in [0.25, 0.3) is 0 Å². The average molecular weight is 264 g/mol. The van der Waals surface area contributed by atoms with E-state index in [1.807, 2.05) is 0 Å². The van der Waals surface area contributed by atoms with Crippen molar-refractivity contribution in [1.82, 2.24) is 9.88 Å². The van der Waals surface area contributed by atoms with Crippen molar-refractivity contribution < 1.29 is 9.90 Å². The minimum atomic E-state index is -1.01. The summed E-state index contributed by atoms with van der Waals surface area (Å²) in [6.45, 7) is 3.85. The molecule has 0 saturated carbocycles. The SMILES string of the molecule is Nc1cnc(NCCN2CCCCC2)c(C(=O)O)c1. The summed E-state index contributed by atoms with van der Waals surface area (Å²) in [6, 6.07) is 1.43. The molecule has 1 saturated heterocycles. The van der Waals surface area contributed by atoms with Gasteiger partial charge in [0.2, 0.25) is 0 Å². The molecule has 0 aromatic carbocycles. The Morgan fingerprint density at radius 3 is 2.84 bits per heavy atom. The maximum absolute atomic E-state index is 11.1. The Hall–Kier alpha value is -1.82. The number of hydrogen-bond acceptors (Lipinski definition) is 5. The summed E-state index contributed by atoms with van der Waals surface area (Å²) in [6.07, 6.45) is 5.28. The van der Waals surface area contributed by atoms with E-state index in [4.69, 9.17) is 10.8 Å². The lowest BCUT2D eigenvalue weighted by atomic mass is 10.1. The minimum absolute atomic E-state index is 0.124. The summed E-state index contributed by atoms with van der Waals surface area (Å²) in [4.78, 5) is 17.5. The van der Waals surface area contributed by atoms with Gasteiger partial charge in [0.25, 0.3) is 0 Å². The number of nitrogens with two attached hydrogens (primary N) is 1. The number of rotatable bonds is 5. The number of carboxylic acid groups (broad SMARTS) is 1. The second kappa shape index (κ2) is 6.38. The number of nitrogens with one attached hydrogen (secondary N) is 1. The lowest BCUT2D eigenvalue weighted by molar-refractivity contribution is 0.0697. The summed E-state index contributed by atoms with van der Waals surface area (Å²) in [5.74, 6) is -0.626. The minimum Gasteiger partial charge on any atom is -0.478 e. The highest BCUT2D eigenvalue weighted by molar-refractivity contribution is 5.94. The van der Waals surface area contributed by atoms with Gasteiger partial charge in [0.15, 0.2) is 0 Å². The van der Waals surface area contributed by atoms with Gasteiger partial charge in [0.05, 0.1) is 11.9 Å². The smallest absolute Gasteiger partial charge is 0.339 e. The summed E-state index contributed by atoms with van der Waals surface area (Å²) in [5.41, 5.74) is 6.03. The number of aromatic carboxylic acids is 1. The first-order chi connectivity index (χ1) is 9.16. The van der Waals surface area contributed by atoms with Crippen molar-refractivity contribution in [2.45, 2.75) is 19.3 Å². The van der Waals surface area contributed by atoms with Gasteiger partial charge in [-0.25, -0.2) is 9.78 Å². The molecule has 0 radical (unpaired) electrons. The second-order valence-corrected chi connectivity index (χ2v) is 4.80. The Labute approximate surface area is 112 Å². The molecule has 0 amide bonds. The van der Waals surface area contributed by atoms with Crippen LogP contribution in [-0.4, -0.2) is 47.1 Å².